The van der Waals surface area contributed by atoms with Crippen molar-refractivity contribution in [1.82, 2.24) is 29.1 Å². The van der Waals surface area contributed by atoms with Crippen molar-refractivity contribution in [3.05, 3.63) is 65.7 Å². The Morgan fingerprint density at radius 1 is 0.929 bits per heavy atom. The molecule has 138 valence electrons. The number of hydrogen-bond donors (Lipinski definition) is 1. The van der Waals surface area contributed by atoms with Crippen LogP contribution in [0.5, 0.6) is 5.75 Å². The number of aryl methyl sites for hydroxylation is 2. The van der Waals surface area contributed by atoms with E-state index in [1.165, 1.54) is 0 Å². The minimum absolute atomic E-state index is 0.150. The van der Waals surface area contributed by atoms with E-state index >= 15 is 0 Å². The summed E-state index contributed by atoms with van der Waals surface area (Å²) in [6.45, 7) is 6.15. The average Bonchev–Trinajstić information content (AvgIpc) is 3.22. The number of fused-ring (bicyclic) bond motifs is 3. The van der Waals surface area contributed by atoms with Gasteiger partial charge in [0.05, 0.1) is 10.9 Å². The number of aromatic hydroxyl groups is 1. The molecule has 1 N–H and O–H groups in total. The Balaban J connectivity index is 1.84. The molecule has 0 aliphatic heterocycles. The summed E-state index contributed by atoms with van der Waals surface area (Å²) >= 11 is 0. The second-order valence-electron chi connectivity index (χ2n) is 6.85. The number of pyridine rings is 1. The molecule has 0 saturated carbocycles. The molecular weight excluding hydrogens is 352 g/mol. The molecule has 4 heterocycles. The second-order valence-corrected chi connectivity index (χ2v) is 6.85. The highest BCUT2D eigenvalue weighted by Crippen LogP contribution is 2.32. The molecule has 0 saturated heterocycles. The minimum atomic E-state index is 0.150. The standard InChI is InChI=1S/C21H18N6O/c1-12-7-6-10-22-19(12)27-14(3)13(2)17-20(27)23-11-26-21(17)24-18(25-26)15-8-4-5-9-16(15)28/h4-11,28H,1-3H3. The van der Waals surface area contributed by atoms with Crippen molar-refractivity contribution in [3.8, 4) is 23.0 Å². The van der Waals surface area contributed by atoms with Crippen molar-refractivity contribution >= 4 is 16.7 Å². The molecule has 0 unspecified atom stereocenters. The van der Waals surface area contributed by atoms with Crippen LogP contribution in [0, 0.1) is 20.8 Å². The van der Waals surface area contributed by atoms with Crippen molar-refractivity contribution in [1.29, 1.82) is 0 Å². The maximum absolute atomic E-state index is 10.2. The fourth-order valence-electron chi connectivity index (χ4n) is 3.61. The predicted octanol–water partition coefficient (Wildman–Crippen LogP) is 3.76. The predicted molar refractivity (Wildman–Crippen MR) is 107 cm³/mol. The molecular formula is C21H18N6O. The maximum Gasteiger partial charge on any atom is 0.185 e. The second kappa shape index (κ2) is 5.88. The van der Waals surface area contributed by atoms with E-state index in [-0.39, 0.29) is 5.75 Å². The zero-order valence-electron chi connectivity index (χ0n) is 15.7. The molecule has 0 fully saturated rings. The van der Waals surface area contributed by atoms with E-state index in [1.54, 1.807) is 35.2 Å². The number of nitrogens with zero attached hydrogens (tertiary/aromatic N) is 6. The van der Waals surface area contributed by atoms with Gasteiger partial charge in [0.15, 0.2) is 17.1 Å². The molecule has 28 heavy (non-hydrogen) atoms. The summed E-state index contributed by atoms with van der Waals surface area (Å²) in [6.07, 6.45) is 3.44. The lowest BCUT2D eigenvalue weighted by molar-refractivity contribution is 0.477. The Kier molecular flexibility index (Phi) is 3.45. The van der Waals surface area contributed by atoms with Crippen LogP contribution < -0.4 is 0 Å². The summed E-state index contributed by atoms with van der Waals surface area (Å²) in [5.41, 5.74) is 5.30. The van der Waals surface area contributed by atoms with Crippen molar-refractivity contribution in [2.45, 2.75) is 20.8 Å². The maximum atomic E-state index is 10.2. The van der Waals surface area contributed by atoms with Crippen LogP contribution >= 0.6 is 0 Å². The molecule has 0 bridgehead atoms. The van der Waals surface area contributed by atoms with E-state index in [0.29, 0.717) is 17.0 Å². The van der Waals surface area contributed by atoms with Gasteiger partial charge in [-0.2, -0.15) is 0 Å². The normalized spacial score (nSPS) is 11.5. The molecule has 0 amide bonds. The van der Waals surface area contributed by atoms with Gasteiger partial charge in [-0.25, -0.2) is 19.5 Å². The van der Waals surface area contributed by atoms with Gasteiger partial charge in [-0.3, -0.25) is 4.57 Å². The molecule has 7 heteroatoms. The molecule has 5 aromatic rings. The molecule has 0 radical (unpaired) electrons. The van der Waals surface area contributed by atoms with Gasteiger partial charge in [0.2, 0.25) is 0 Å². The molecule has 0 aliphatic rings. The molecule has 0 atom stereocenters. The topological polar surface area (TPSA) is 81.1 Å². The number of phenols is 1. The van der Waals surface area contributed by atoms with Crippen LogP contribution in [0.4, 0.5) is 0 Å². The monoisotopic (exact) mass is 370 g/mol. The van der Waals surface area contributed by atoms with E-state index in [1.807, 2.05) is 25.1 Å². The summed E-state index contributed by atoms with van der Waals surface area (Å²) < 4.78 is 3.72. The van der Waals surface area contributed by atoms with Gasteiger partial charge in [0.25, 0.3) is 0 Å². The van der Waals surface area contributed by atoms with E-state index in [0.717, 1.165) is 33.7 Å². The van der Waals surface area contributed by atoms with Crippen molar-refractivity contribution in [3.63, 3.8) is 0 Å². The van der Waals surface area contributed by atoms with Crippen molar-refractivity contribution < 1.29 is 5.11 Å². The number of phenolic OH excluding ortho intramolecular Hbond substituents is 1. The van der Waals surface area contributed by atoms with Crippen LogP contribution in [-0.4, -0.2) is 34.2 Å². The zero-order valence-corrected chi connectivity index (χ0v) is 15.7. The first-order valence-electron chi connectivity index (χ1n) is 8.99. The van der Waals surface area contributed by atoms with E-state index in [2.05, 4.69) is 33.5 Å². The number of aromatic nitrogens is 6. The van der Waals surface area contributed by atoms with Crippen molar-refractivity contribution in [2.75, 3.05) is 0 Å². The number of hydrogen-bond acceptors (Lipinski definition) is 5. The van der Waals surface area contributed by atoms with Crippen molar-refractivity contribution in [2.24, 2.45) is 0 Å². The van der Waals surface area contributed by atoms with Gasteiger partial charge in [-0.05, 0) is 50.1 Å². The Bertz CT molecular complexity index is 1360. The first-order valence-corrected chi connectivity index (χ1v) is 8.99. The Morgan fingerprint density at radius 3 is 2.54 bits per heavy atom. The van der Waals surface area contributed by atoms with Crippen LogP contribution in [0.1, 0.15) is 16.8 Å². The highest BCUT2D eigenvalue weighted by molar-refractivity contribution is 5.95. The summed E-state index contributed by atoms with van der Waals surface area (Å²) in [7, 11) is 0. The molecule has 4 aromatic heterocycles. The smallest absolute Gasteiger partial charge is 0.185 e. The van der Waals surface area contributed by atoms with Gasteiger partial charge < -0.3 is 5.11 Å². The van der Waals surface area contributed by atoms with E-state index in [9.17, 15) is 5.11 Å². The molecule has 1 aromatic carbocycles. The van der Waals surface area contributed by atoms with E-state index in [4.69, 9.17) is 4.98 Å². The number of benzene rings is 1. The summed E-state index contributed by atoms with van der Waals surface area (Å²) in [6, 6.07) is 11.0. The molecule has 7 nitrogen and oxygen atoms in total. The Labute approximate surface area is 161 Å². The van der Waals surface area contributed by atoms with Gasteiger partial charge >= 0.3 is 0 Å². The number of para-hydroxylation sites is 1. The van der Waals surface area contributed by atoms with Crippen LogP contribution in [0.15, 0.2) is 48.9 Å². The summed E-state index contributed by atoms with van der Waals surface area (Å²) in [4.78, 5) is 13.9. The highest BCUT2D eigenvalue weighted by atomic mass is 16.3. The third kappa shape index (κ3) is 2.22. The lowest BCUT2D eigenvalue weighted by Crippen LogP contribution is -2.03. The quantitative estimate of drug-likeness (QED) is 0.512. The van der Waals surface area contributed by atoms with E-state index < -0.39 is 0 Å². The van der Waals surface area contributed by atoms with Crippen LogP contribution in [-0.2, 0) is 0 Å². The Hall–Kier alpha value is -3.74. The van der Waals surface area contributed by atoms with Gasteiger partial charge in [-0.1, -0.05) is 18.2 Å². The van der Waals surface area contributed by atoms with Crippen LogP contribution in [0.2, 0.25) is 0 Å². The van der Waals surface area contributed by atoms with Gasteiger partial charge in [-0.15, -0.1) is 5.10 Å². The van der Waals surface area contributed by atoms with Gasteiger partial charge in [0, 0.05) is 11.9 Å². The largest absolute Gasteiger partial charge is 0.507 e. The highest BCUT2D eigenvalue weighted by Gasteiger charge is 2.21. The lowest BCUT2D eigenvalue weighted by Gasteiger charge is -2.09. The summed E-state index contributed by atoms with van der Waals surface area (Å²) in [5.74, 6) is 1.47. The molecule has 0 aliphatic carbocycles. The third-order valence-electron chi connectivity index (χ3n) is 5.17. The third-order valence-corrected chi connectivity index (χ3v) is 5.17. The molecule has 5 rings (SSSR count). The molecule has 0 spiro atoms. The van der Waals surface area contributed by atoms with Gasteiger partial charge in [0.1, 0.15) is 17.9 Å². The fourth-order valence-corrected chi connectivity index (χ4v) is 3.61. The Morgan fingerprint density at radius 2 is 1.75 bits per heavy atom. The fraction of sp³-hybridized carbons (Fsp3) is 0.143. The first kappa shape index (κ1) is 16.4. The SMILES string of the molecule is Cc1cccnc1-n1c(C)c(C)c2c1ncn1nc(-c3ccccc3O)nc21. The lowest BCUT2D eigenvalue weighted by atomic mass is 10.2. The number of rotatable bonds is 2. The zero-order chi connectivity index (χ0) is 19.4. The van der Waals surface area contributed by atoms with Crippen LogP contribution in [0.3, 0.4) is 0 Å². The minimum Gasteiger partial charge on any atom is -0.507 e. The van der Waals surface area contributed by atoms with Crippen LogP contribution in [0.25, 0.3) is 33.9 Å². The first-order chi connectivity index (χ1) is 13.6. The summed E-state index contributed by atoms with van der Waals surface area (Å²) in [5, 5.41) is 15.6. The average molecular weight is 370 g/mol.